The van der Waals surface area contributed by atoms with E-state index in [9.17, 15) is 9.59 Å². The predicted octanol–water partition coefficient (Wildman–Crippen LogP) is 2.64. The summed E-state index contributed by atoms with van der Waals surface area (Å²) in [4.78, 5) is 29.5. The van der Waals surface area contributed by atoms with Crippen LogP contribution in [0.25, 0.3) is 0 Å². The van der Waals surface area contributed by atoms with Gasteiger partial charge in [0.05, 0.1) is 0 Å². The summed E-state index contributed by atoms with van der Waals surface area (Å²) in [5.41, 5.74) is 0.0719. The highest BCUT2D eigenvalue weighted by Crippen LogP contribution is 2.10. The average Bonchev–Trinajstić information content (AvgIpc) is 2.41. The normalized spacial score (nSPS) is 11.0. The van der Waals surface area contributed by atoms with Crippen molar-refractivity contribution in [3.8, 4) is 0 Å². The molecule has 0 saturated carbocycles. The molecular formula is C16H25N3O3. The van der Waals surface area contributed by atoms with Gasteiger partial charge in [-0.25, -0.2) is 9.78 Å². The highest BCUT2D eigenvalue weighted by atomic mass is 16.6. The zero-order chi connectivity index (χ0) is 16.8. The van der Waals surface area contributed by atoms with E-state index in [4.69, 9.17) is 4.74 Å². The molecule has 22 heavy (non-hydrogen) atoms. The molecule has 0 unspecified atom stereocenters. The monoisotopic (exact) mass is 307 g/mol. The molecule has 1 aromatic rings. The van der Waals surface area contributed by atoms with Gasteiger partial charge in [0.15, 0.2) is 5.78 Å². The van der Waals surface area contributed by atoms with Crippen molar-refractivity contribution < 1.29 is 14.3 Å². The Balaban J connectivity index is 2.33. The lowest BCUT2D eigenvalue weighted by Gasteiger charge is -2.19. The summed E-state index contributed by atoms with van der Waals surface area (Å²) in [6.45, 7) is 5.82. The Hall–Kier alpha value is -2.11. The summed E-state index contributed by atoms with van der Waals surface area (Å²) in [5.74, 6) is 0.826. The first kappa shape index (κ1) is 17.9. The number of rotatable bonds is 6. The second-order valence-electron chi connectivity index (χ2n) is 6.25. The van der Waals surface area contributed by atoms with Crippen LogP contribution in [-0.4, -0.2) is 43.1 Å². The Labute approximate surface area is 131 Å². The fourth-order valence-electron chi connectivity index (χ4n) is 1.71. The minimum atomic E-state index is -0.514. The second kappa shape index (κ2) is 7.77. The van der Waals surface area contributed by atoms with Crippen LogP contribution < -0.4 is 10.2 Å². The average molecular weight is 307 g/mol. The van der Waals surface area contributed by atoms with Crippen LogP contribution in [0.2, 0.25) is 0 Å². The molecule has 0 fully saturated rings. The van der Waals surface area contributed by atoms with E-state index in [1.54, 1.807) is 33.0 Å². The molecule has 1 heterocycles. The third kappa shape index (κ3) is 6.56. The van der Waals surface area contributed by atoms with Gasteiger partial charge in [0.25, 0.3) is 0 Å². The van der Waals surface area contributed by atoms with Crippen molar-refractivity contribution in [2.45, 2.75) is 39.2 Å². The fourth-order valence-corrected chi connectivity index (χ4v) is 1.71. The predicted molar refractivity (Wildman–Crippen MR) is 86.4 cm³/mol. The maximum absolute atomic E-state index is 12.0. The van der Waals surface area contributed by atoms with Gasteiger partial charge in [-0.15, -0.1) is 0 Å². The molecule has 0 aliphatic carbocycles. The van der Waals surface area contributed by atoms with Gasteiger partial charge in [0.1, 0.15) is 11.4 Å². The molecule has 0 aliphatic rings. The molecule has 0 saturated heterocycles. The number of nitrogens with zero attached hydrogens (tertiary/aromatic N) is 2. The van der Waals surface area contributed by atoms with Gasteiger partial charge in [-0.2, -0.15) is 0 Å². The van der Waals surface area contributed by atoms with Crippen LogP contribution in [0.1, 0.15) is 44.0 Å². The lowest BCUT2D eigenvalue weighted by Crippen LogP contribution is -2.33. The van der Waals surface area contributed by atoms with E-state index >= 15 is 0 Å². The number of ketones is 1. The number of carbonyl (C=O) groups excluding carboxylic acids is 2. The number of hydrogen-bond donors (Lipinski definition) is 1. The summed E-state index contributed by atoms with van der Waals surface area (Å²) >= 11 is 0. The summed E-state index contributed by atoms with van der Waals surface area (Å²) in [6, 6.07) is 3.58. The third-order valence-electron chi connectivity index (χ3n) is 2.78. The van der Waals surface area contributed by atoms with Gasteiger partial charge < -0.3 is 15.0 Å². The van der Waals surface area contributed by atoms with Crippen LogP contribution in [0.4, 0.5) is 10.6 Å². The largest absolute Gasteiger partial charge is 0.444 e. The third-order valence-corrected chi connectivity index (χ3v) is 2.78. The zero-order valence-electron chi connectivity index (χ0n) is 14.0. The van der Waals surface area contributed by atoms with Crippen LogP contribution in [0.15, 0.2) is 18.3 Å². The highest BCUT2D eigenvalue weighted by molar-refractivity contribution is 5.95. The summed E-state index contributed by atoms with van der Waals surface area (Å²) in [6.07, 6.45) is 2.04. The lowest BCUT2D eigenvalue weighted by atomic mass is 10.1. The first-order chi connectivity index (χ1) is 10.2. The molecule has 1 amide bonds. The first-order valence-electron chi connectivity index (χ1n) is 7.32. The van der Waals surface area contributed by atoms with Gasteiger partial charge in [0, 0.05) is 38.8 Å². The maximum atomic E-state index is 12.0. The number of anilines is 1. The number of nitrogens with one attached hydrogen (secondary N) is 1. The summed E-state index contributed by atoms with van der Waals surface area (Å²) < 4.78 is 5.12. The first-order valence-corrected chi connectivity index (χ1v) is 7.32. The van der Waals surface area contributed by atoms with E-state index in [1.807, 2.05) is 25.1 Å². The molecule has 0 aliphatic heterocycles. The van der Waals surface area contributed by atoms with Crippen LogP contribution in [0.3, 0.4) is 0 Å². The summed E-state index contributed by atoms with van der Waals surface area (Å²) in [5, 5.41) is 2.63. The van der Waals surface area contributed by atoms with Gasteiger partial charge in [-0.3, -0.25) is 4.79 Å². The van der Waals surface area contributed by atoms with E-state index in [0.29, 0.717) is 24.9 Å². The number of pyridine rings is 1. The van der Waals surface area contributed by atoms with Crippen LogP contribution in [0.5, 0.6) is 0 Å². The van der Waals surface area contributed by atoms with Crippen molar-refractivity contribution in [3.05, 3.63) is 23.9 Å². The minimum absolute atomic E-state index is 0.0174. The lowest BCUT2D eigenvalue weighted by molar-refractivity contribution is 0.0525. The van der Waals surface area contributed by atoms with Crippen LogP contribution in [0, 0.1) is 0 Å². The molecule has 6 heteroatoms. The Morgan fingerprint density at radius 2 is 1.95 bits per heavy atom. The van der Waals surface area contributed by atoms with E-state index < -0.39 is 11.7 Å². The summed E-state index contributed by atoms with van der Waals surface area (Å²) in [7, 11) is 3.79. The van der Waals surface area contributed by atoms with Crippen LogP contribution >= 0.6 is 0 Å². The zero-order valence-corrected chi connectivity index (χ0v) is 14.0. The SMILES string of the molecule is CN(C)c1ccc(C(=O)CCCNC(=O)OC(C)(C)C)cn1. The number of alkyl carbamates (subject to hydrolysis) is 1. The number of Topliss-reactive ketones (excluding diaryl/α,β-unsaturated/α-hetero) is 1. The molecule has 1 N–H and O–H groups in total. The molecule has 6 nitrogen and oxygen atoms in total. The van der Waals surface area contributed by atoms with E-state index in [-0.39, 0.29) is 5.78 Å². The van der Waals surface area contributed by atoms with Crippen molar-refractivity contribution in [2.24, 2.45) is 0 Å². The number of carbonyl (C=O) groups is 2. The van der Waals surface area contributed by atoms with Crippen molar-refractivity contribution in [2.75, 3.05) is 25.5 Å². The quantitative estimate of drug-likeness (QED) is 0.646. The number of hydrogen-bond acceptors (Lipinski definition) is 5. The van der Waals surface area contributed by atoms with E-state index in [0.717, 1.165) is 5.82 Å². The van der Waals surface area contributed by atoms with E-state index in [2.05, 4.69) is 10.3 Å². The standard InChI is InChI=1S/C16H25N3O3/c1-16(2,3)22-15(21)17-10-6-7-13(20)12-8-9-14(18-11-12)19(4)5/h8-9,11H,6-7,10H2,1-5H3,(H,17,21). The molecule has 1 aromatic heterocycles. The molecule has 0 bridgehead atoms. The van der Waals surface area contributed by atoms with Crippen molar-refractivity contribution in [1.29, 1.82) is 0 Å². The Bertz CT molecular complexity index is 504. The number of aromatic nitrogens is 1. The van der Waals surface area contributed by atoms with Gasteiger partial charge in [0.2, 0.25) is 0 Å². The van der Waals surface area contributed by atoms with Crippen molar-refractivity contribution in [1.82, 2.24) is 10.3 Å². The fraction of sp³-hybridized carbons (Fsp3) is 0.562. The molecule has 0 radical (unpaired) electrons. The van der Waals surface area contributed by atoms with Crippen molar-refractivity contribution in [3.63, 3.8) is 0 Å². The number of amides is 1. The van der Waals surface area contributed by atoms with Gasteiger partial charge >= 0.3 is 6.09 Å². The van der Waals surface area contributed by atoms with E-state index in [1.165, 1.54) is 0 Å². The highest BCUT2D eigenvalue weighted by Gasteiger charge is 2.15. The molecule has 0 aromatic carbocycles. The molecular weight excluding hydrogens is 282 g/mol. The Kier molecular flexibility index (Phi) is 6.34. The molecule has 1 rings (SSSR count). The minimum Gasteiger partial charge on any atom is -0.444 e. The van der Waals surface area contributed by atoms with Crippen LogP contribution in [-0.2, 0) is 4.74 Å². The topological polar surface area (TPSA) is 71.5 Å². The van der Waals surface area contributed by atoms with Gasteiger partial charge in [-0.1, -0.05) is 0 Å². The van der Waals surface area contributed by atoms with Crippen molar-refractivity contribution >= 4 is 17.7 Å². The molecule has 122 valence electrons. The molecule has 0 spiro atoms. The Morgan fingerprint density at radius 3 is 2.45 bits per heavy atom. The Morgan fingerprint density at radius 1 is 1.27 bits per heavy atom. The molecule has 0 atom stereocenters. The van der Waals surface area contributed by atoms with Gasteiger partial charge in [-0.05, 0) is 39.3 Å². The maximum Gasteiger partial charge on any atom is 0.407 e. The number of ether oxygens (including phenoxy) is 1. The smallest absolute Gasteiger partial charge is 0.407 e. The second-order valence-corrected chi connectivity index (χ2v) is 6.25.